The van der Waals surface area contributed by atoms with E-state index < -0.39 is 21.8 Å². The first-order valence-electron chi connectivity index (χ1n) is 28.0. The van der Waals surface area contributed by atoms with Crippen LogP contribution in [0.15, 0.2) is 158 Å². The molecule has 0 radical (unpaired) electrons. The first kappa shape index (κ1) is 53.1. The molecular formula is C68H74N6O5. The van der Waals surface area contributed by atoms with E-state index in [-0.39, 0.29) is 47.7 Å². The Morgan fingerprint density at radius 3 is 1.37 bits per heavy atom. The van der Waals surface area contributed by atoms with Crippen LogP contribution in [0.3, 0.4) is 0 Å². The van der Waals surface area contributed by atoms with Crippen LogP contribution < -0.4 is 9.80 Å². The summed E-state index contributed by atoms with van der Waals surface area (Å²) >= 11 is 0. The number of para-hydroxylation sites is 2. The number of amides is 4. The van der Waals surface area contributed by atoms with Crippen molar-refractivity contribution < 1.29 is 23.9 Å². The van der Waals surface area contributed by atoms with Crippen LogP contribution in [0.5, 0.6) is 0 Å². The number of carbonyl (C=O) groups excluding carboxylic acids is 4. The molecule has 6 aromatic carbocycles. The zero-order chi connectivity index (χ0) is 56.1. The second-order valence-corrected chi connectivity index (χ2v) is 25.1. The van der Waals surface area contributed by atoms with Crippen molar-refractivity contribution in [3.8, 4) is 22.3 Å². The minimum absolute atomic E-state index is 0.0218. The lowest BCUT2D eigenvalue weighted by Crippen LogP contribution is -2.54. The molecular weight excluding hydrogens is 981 g/mol. The number of aryl methyl sites for hydroxylation is 2. The Morgan fingerprint density at radius 2 is 0.937 bits per heavy atom. The lowest BCUT2D eigenvalue weighted by molar-refractivity contribution is -0.142. The van der Waals surface area contributed by atoms with Gasteiger partial charge >= 0.3 is 6.09 Å². The molecule has 2 aromatic heterocycles. The second-order valence-electron chi connectivity index (χ2n) is 25.1. The smallest absolute Gasteiger partial charge is 0.410 e. The Hall–Kier alpha value is -7.92. The van der Waals surface area contributed by atoms with Gasteiger partial charge in [-0.2, -0.15) is 0 Å². The summed E-state index contributed by atoms with van der Waals surface area (Å²) in [6.45, 7) is 21.0. The van der Waals surface area contributed by atoms with Crippen molar-refractivity contribution in [3.05, 3.63) is 169 Å². The van der Waals surface area contributed by atoms with Gasteiger partial charge in [0.1, 0.15) is 5.60 Å². The van der Waals surface area contributed by atoms with Crippen LogP contribution in [0, 0.1) is 17.3 Å². The molecule has 4 aliphatic heterocycles. The highest BCUT2D eigenvalue weighted by Crippen LogP contribution is 2.57. The first-order chi connectivity index (χ1) is 37.5. The van der Waals surface area contributed by atoms with E-state index in [9.17, 15) is 19.2 Å². The lowest BCUT2D eigenvalue weighted by atomic mass is 9.71. The van der Waals surface area contributed by atoms with Crippen LogP contribution in [0.4, 0.5) is 27.5 Å². The zero-order valence-electron chi connectivity index (χ0n) is 47.9. The van der Waals surface area contributed by atoms with E-state index in [4.69, 9.17) is 4.74 Å². The van der Waals surface area contributed by atoms with Gasteiger partial charge in [0.05, 0.1) is 34.3 Å². The molecule has 12 rings (SSSR count). The van der Waals surface area contributed by atoms with Crippen molar-refractivity contribution in [1.29, 1.82) is 0 Å². The van der Waals surface area contributed by atoms with Crippen LogP contribution in [0.25, 0.3) is 44.1 Å². The van der Waals surface area contributed by atoms with Gasteiger partial charge in [-0.25, -0.2) is 4.79 Å². The molecule has 11 nitrogen and oxygen atoms in total. The van der Waals surface area contributed by atoms with Gasteiger partial charge in [-0.3, -0.25) is 24.2 Å². The first-order valence-corrected chi connectivity index (χ1v) is 28.0. The topological polar surface area (TPSA) is 100 Å². The summed E-state index contributed by atoms with van der Waals surface area (Å²) in [6.07, 6.45) is 4.98. The molecule has 4 aliphatic rings. The van der Waals surface area contributed by atoms with Crippen molar-refractivity contribution in [1.82, 2.24) is 18.9 Å². The average molecular weight is 1060 g/mol. The molecule has 2 saturated heterocycles. The lowest BCUT2D eigenvalue weighted by Gasteiger charge is -2.39. The van der Waals surface area contributed by atoms with Crippen LogP contribution in [0.2, 0.25) is 0 Å². The summed E-state index contributed by atoms with van der Waals surface area (Å²) in [5.41, 5.74) is 9.48. The molecule has 2 fully saturated rings. The molecule has 79 heavy (non-hydrogen) atoms. The van der Waals surface area contributed by atoms with Crippen molar-refractivity contribution >= 4 is 68.4 Å². The molecule has 0 bridgehead atoms. The predicted molar refractivity (Wildman–Crippen MR) is 318 cm³/mol. The molecule has 406 valence electrons. The number of aromatic nitrogens is 2. The number of rotatable bonds is 6. The van der Waals surface area contributed by atoms with Gasteiger partial charge in [0.15, 0.2) is 0 Å². The monoisotopic (exact) mass is 1050 g/mol. The van der Waals surface area contributed by atoms with Gasteiger partial charge in [-0.1, -0.05) is 133 Å². The zero-order valence-corrected chi connectivity index (χ0v) is 47.9. The largest absolute Gasteiger partial charge is 0.444 e. The Kier molecular flexibility index (Phi) is 13.1. The highest BCUT2D eigenvalue weighted by atomic mass is 16.6. The fourth-order valence-corrected chi connectivity index (χ4v) is 13.8. The summed E-state index contributed by atoms with van der Waals surface area (Å²) in [5.74, 6) is 0.379. The number of fused-ring (bicyclic) bond motifs is 6. The highest BCUT2D eigenvalue weighted by molar-refractivity contribution is 6.15. The Morgan fingerprint density at radius 1 is 0.519 bits per heavy atom. The van der Waals surface area contributed by atoms with Crippen LogP contribution in [-0.4, -0.2) is 73.5 Å². The maximum absolute atomic E-state index is 14.7. The third kappa shape index (κ3) is 8.71. The number of hydrogen-bond donors (Lipinski definition) is 0. The quantitative estimate of drug-likeness (QED) is 0.165. The molecule has 4 atom stereocenters. The van der Waals surface area contributed by atoms with Crippen LogP contribution >= 0.6 is 0 Å². The molecule has 0 saturated carbocycles. The Bertz CT molecular complexity index is 3720. The van der Waals surface area contributed by atoms with Gasteiger partial charge < -0.3 is 23.7 Å². The summed E-state index contributed by atoms with van der Waals surface area (Å²) < 4.78 is 10.0. The van der Waals surface area contributed by atoms with Crippen molar-refractivity contribution in [2.45, 2.75) is 111 Å². The van der Waals surface area contributed by atoms with Crippen molar-refractivity contribution in [3.63, 3.8) is 0 Å². The SMILES string of the molecule is CC(C)[C@@H]1N(C(=O)C(C)(C)C)CC[C@@]12C(=O)N(c1cccc(-c3ccc4ccn(C)c4c3)c1)c1ccccc12.CC(C)[C@@H]1N(C(=O)OC(C)(C)C)CC[C@@]12C(=O)N(c1cccc(-c3ccc4ccn(C)c4c3)c1)c1ccccc12. The van der Waals surface area contributed by atoms with E-state index >= 15 is 0 Å². The predicted octanol–water partition coefficient (Wildman–Crippen LogP) is 14.5. The number of hydrogen-bond acceptors (Lipinski definition) is 5. The fraction of sp³-hybridized carbons (Fsp3) is 0.353. The van der Waals surface area contributed by atoms with Gasteiger partial charge in [-0.05, 0) is 150 Å². The maximum Gasteiger partial charge on any atom is 0.410 e. The molecule has 2 spiro atoms. The minimum Gasteiger partial charge on any atom is -0.444 e. The molecule has 4 amide bonds. The number of ether oxygens (including phenoxy) is 1. The third-order valence-corrected chi connectivity index (χ3v) is 17.0. The maximum atomic E-state index is 14.7. The molecule has 11 heteroatoms. The molecule has 0 aliphatic carbocycles. The number of anilines is 4. The summed E-state index contributed by atoms with van der Waals surface area (Å²) in [7, 11) is 4.11. The third-order valence-electron chi connectivity index (χ3n) is 17.0. The molecule has 6 heterocycles. The highest BCUT2D eigenvalue weighted by Gasteiger charge is 2.64. The van der Waals surface area contributed by atoms with Crippen molar-refractivity contribution in [2.75, 3.05) is 22.9 Å². The minimum atomic E-state index is -0.834. The van der Waals surface area contributed by atoms with E-state index in [0.29, 0.717) is 25.9 Å². The van der Waals surface area contributed by atoms with Crippen LogP contribution in [0.1, 0.15) is 93.2 Å². The van der Waals surface area contributed by atoms with E-state index in [1.54, 1.807) is 4.90 Å². The standard InChI is InChI=1S/C34H37N3O3.C34H37N3O2/c1-22(2)30-34(17-19-36(30)32(39)40-33(3,4)5)27-12-7-8-13-28(27)37(31(34)38)26-11-9-10-24(20-26)25-15-14-23-16-18-35(6)29(23)21-25;1-22(2)30-34(17-19-36(30)31(38)33(3,4)5)27-12-7-8-13-28(27)37(32(34)39)26-11-9-10-24(20-26)25-15-14-23-16-18-35(6)29(23)21-25/h7-16,18,20-22,30H,17,19H2,1-6H3;7-16,18,20-22,30H,17,19H2,1-6H3/t2*30-,34-/m00/s1. The number of nitrogens with zero attached hydrogens (tertiary/aromatic N) is 6. The van der Waals surface area contributed by atoms with E-state index in [1.165, 1.54) is 16.3 Å². The molecule has 0 N–H and O–H groups in total. The molecule has 8 aromatic rings. The number of benzene rings is 6. The van der Waals surface area contributed by atoms with Gasteiger partial charge in [0.2, 0.25) is 17.7 Å². The van der Waals surface area contributed by atoms with E-state index in [1.807, 2.05) is 111 Å². The van der Waals surface area contributed by atoms with E-state index in [0.717, 1.165) is 61.6 Å². The summed E-state index contributed by atoms with van der Waals surface area (Å²) in [5, 5.41) is 2.40. The second kappa shape index (κ2) is 19.5. The van der Waals surface area contributed by atoms with Crippen LogP contribution in [-0.2, 0) is 44.0 Å². The summed E-state index contributed by atoms with van der Waals surface area (Å²) in [6, 6.07) is 49.4. The van der Waals surface area contributed by atoms with Gasteiger partial charge in [0, 0.05) is 67.4 Å². The molecule has 0 unspecified atom stereocenters. The van der Waals surface area contributed by atoms with E-state index in [2.05, 4.69) is 154 Å². The summed E-state index contributed by atoms with van der Waals surface area (Å²) in [4.78, 5) is 64.0. The number of carbonyl (C=O) groups is 4. The van der Waals surface area contributed by atoms with Crippen molar-refractivity contribution in [2.24, 2.45) is 31.3 Å². The van der Waals surface area contributed by atoms with Gasteiger partial charge in [0.25, 0.3) is 0 Å². The number of likely N-dealkylation sites (tertiary alicyclic amines) is 2. The average Bonchev–Trinajstić information content (AvgIpc) is 3.52. The Balaban J connectivity index is 0.000000167. The Labute approximate surface area is 465 Å². The normalized spacial score (nSPS) is 20.8. The fourth-order valence-electron chi connectivity index (χ4n) is 13.8. The van der Waals surface area contributed by atoms with Gasteiger partial charge in [-0.15, -0.1) is 0 Å².